The van der Waals surface area contributed by atoms with E-state index in [1.807, 2.05) is 24.3 Å². The number of hydrogen-bond acceptors (Lipinski definition) is 0. The fourth-order valence-electron chi connectivity index (χ4n) is 3.36. The molecule has 4 aliphatic heterocycles. The Bertz CT molecular complexity index is 1120. The van der Waals surface area contributed by atoms with E-state index in [1.165, 1.54) is 0 Å². The van der Waals surface area contributed by atoms with E-state index >= 15 is 0 Å². The third kappa shape index (κ3) is 4.66. The molecule has 0 bridgehead atoms. The van der Waals surface area contributed by atoms with Gasteiger partial charge in [0.2, 0.25) is 0 Å². The molecule has 0 amide bonds. The molecule has 2 aromatic carbocycles. The van der Waals surface area contributed by atoms with Crippen molar-refractivity contribution in [1.82, 2.24) is 0 Å². The number of rotatable bonds is 0. The number of allylic oxidation sites excluding steroid dienone is 4. The van der Waals surface area contributed by atoms with E-state index in [1.54, 1.807) is 24.8 Å². The van der Waals surface area contributed by atoms with Gasteiger partial charge in [-0.2, -0.15) is 24.8 Å². The van der Waals surface area contributed by atoms with E-state index < -0.39 is 0 Å². The monoisotopic (exact) mass is 453 g/mol. The Morgan fingerprint density at radius 1 is 0.387 bits per heavy atom. The van der Waals surface area contributed by atoms with Gasteiger partial charge in [-0.25, -0.2) is 0 Å². The van der Waals surface area contributed by atoms with Gasteiger partial charge in [0.15, 0.2) is 0 Å². The summed E-state index contributed by atoms with van der Waals surface area (Å²) in [5.41, 5.74) is 3.91. The summed E-state index contributed by atoms with van der Waals surface area (Å²) in [5, 5.41) is 21.9. The van der Waals surface area contributed by atoms with Crippen LogP contribution in [0.25, 0.3) is 45.6 Å². The molecule has 7 heteroatoms. The summed E-state index contributed by atoms with van der Waals surface area (Å²) in [5.74, 6) is 0. The minimum Gasteiger partial charge on any atom is -0.665 e. The van der Waals surface area contributed by atoms with Crippen molar-refractivity contribution >= 4 is 47.1 Å². The van der Waals surface area contributed by atoms with Crippen LogP contribution in [0.4, 0.5) is 22.7 Å². The maximum Gasteiger partial charge on any atom is 0 e. The van der Waals surface area contributed by atoms with Crippen molar-refractivity contribution in [2.75, 3.05) is 0 Å². The van der Waals surface area contributed by atoms with Crippen molar-refractivity contribution < 1.29 is 28.0 Å². The molecule has 2 aromatic rings. The van der Waals surface area contributed by atoms with Crippen LogP contribution in [-0.2, 0) is 28.0 Å². The zero-order valence-electron chi connectivity index (χ0n) is 16.6. The zero-order chi connectivity index (χ0) is 18.8. The van der Waals surface area contributed by atoms with Crippen LogP contribution in [0.15, 0.2) is 73.4 Å². The Morgan fingerprint density at radius 2 is 0.613 bits per heavy atom. The number of fused-ring (bicyclic) bond motifs is 6. The maximum absolute atomic E-state index is 4.35. The van der Waals surface area contributed by atoms with Gasteiger partial charge >= 0.3 is 0 Å². The van der Waals surface area contributed by atoms with E-state index in [-0.39, 0.29) is 28.0 Å². The van der Waals surface area contributed by atoms with Crippen molar-refractivity contribution in [3.05, 3.63) is 116 Å². The minimum atomic E-state index is 0. The van der Waals surface area contributed by atoms with Crippen molar-refractivity contribution in [3.8, 4) is 0 Å². The van der Waals surface area contributed by atoms with E-state index in [4.69, 9.17) is 0 Å². The SMILES string of the molecule is C1=C[N-]c2c3c(ccc2=C1)=CC=C[N-]3.C1=C[N-]c2c3c(ccc2=C1)=CC=C[N-]3.[Mn].[OH3+].[OH3+]. The predicted molar refractivity (Wildman–Crippen MR) is 128 cm³/mol. The molecule has 0 saturated heterocycles. The normalized spacial score (nSPS) is 13.9. The molecule has 0 spiro atoms. The fraction of sp³-hybridized carbons (Fsp3) is 0. The topological polar surface area (TPSA) is 122 Å². The smallest absolute Gasteiger partial charge is 0 e. The Hall–Kier alpha value is -3.48. The van der Waals surface area contributed by atoms with E-state index in [0.29, 0.717) is 0 Å². The summed E-state index contributed by atoms with van der Waals surface area (Å²) < 4.78 is 0. The van der Waals surface area contributed by atoms with Gasteiger partial charge in [-0.1, -0.05) is 72.9 Å². The molecule has 1 radical (unpaired) electrons. The summed E-state index contributed by atoms with van der Waals surface area (Å²) in [6, 6.07) is 8.30. The molecule has 4 aliphatic rings. The second-order valence-corrected chi connectivity index (χ2v) is 6.43. The summed E-state index contributed by atoms with van der Waals surface area (Å²) in [6.45, 7) is 0. The van der Waals surface area contributed by atoms with Crippen molar-refractivity contribution in [2.45, 2.75) is 0 Å². The molecule has 0 aromatic heterocycles. The van der Waals surface area contributed by atoms with Gasteiger partial charge in [0.1, 0.15) is 0 Å². The van der Waals surface area contributed by atoms with Gasteiger partial charge in [-0.15, -0.1) is 22.7 Å². The predicted octanol–water partition coefficient (Wildman–Crippen LogP) is 2.78. The largest absolute Gasteiger partial charge is 0.665 e. The van der Waals surface area contributed by atoms with Crippen LogP contribution in [0.2, 0.25) is 0 Å². The van der Waals surface area contributed by atoms with Crippen LogP contribution in [0, 0.1) is 0 Å². The Morgan fingerprint density at radius 3 is 0.839 bits per heavy atom. The molecule has 6 N–H and O–H groups in total. The van der Waals surface area contributed by atoms with Crippen LogP contribution in [0.5, 0.6) is 0 Å². The van der Waals surface area contributed by atoms with Crippen molar-refractivity contribution in [2.24, 2.45) is 0 Å². The average molecular weight is 453 g/mol. The third-order valence-corrected chi connectivity index (χ3v) is 4.69. The Kier molecular flexibility index (Phi) is 8.07. The molecule has 31 heavy (non-hydrogen) atoms. The van der Waals surface area contributed by atoms with Gasteiger partial charge in [0.05, 0.1) is 0 Å². The molecule has 0 saturated carbocycles. The molecule has 0 atom stereocenters. The maximum atomic E-state index is 4.35. The number of benzene rings is 2. The van der Waals surface area contributed by atoms with Gasteiger partial charge in [0, 0.05) is 17.1 Å². The van der Waals surface area contributed by atoms with Gasteiger partial charge < -0.3 is 32.2 Å². The molecule has 6 rings (SSSR count). The van der Waals surface area contributed by atoms with Gasteiger partial charge in [0.25, 0.3) is 0 Å². The first kappa shape index (κ1) is 23.8. The van der Waals surface area contributed by atoms with E-state index in [9.17, 15) is 0 Å². The molecule has 159 valence electrons. The molecule has 4 heterocycles. The van der Waals surface area contributed by atoms with Crippen LogP contribution >= 0.6 is 0 Å². The summed E-state index contributed by atoms with van der Waals surface area (Å²) in [6.07, 6.45) is 23.2. The van der Waals surface area contributed by atoms with Crippen LogP contribution in [-0.4, -0.2) is 0 Å². The van der Waals surface area contributed by atoms with Crippen molar-refractivity contribution in [3.63, 3.8) is 0 Å². The summed E-state index contributed by atoms with van der Waals surface area (Å²) in [4.78, 5) is 0. The molecule has 0 aliphatic carbocycles. The quantitative estimate of drug-likeness (QED) is 0.430. The second kappa shape index (κ2) is 10.5. The van der Waals surface area contributed by atoms with Crippen LogP contribution in [0.3, 0.4) is 0 Å². The van der Waals surface area contributed by atoms with E-state index in [2.05, 4.69) is 69.8 Å². The Balaban J connectivity index is 0.000000201. The molecule has 6 nitrogen and oxygen atoms in total. The standard InChI is InChI=1S/2C12H8N2.Mn.2H2O/c2*1-3-9-5-6-10-4-2-8-14-12(10)11(9)13-7-1;;;/h2*1-8H;;2*1H2/q2*-2;;;/p+2. The first-order valence-electron chi connectivity index (χ1n) is 9.07. The zero-order valence-corrected chi connectivity index (χ0v) is 17.7. The second-order valence-electron chi connectivity index (χ2n) is 6.43. The van der Waals surface area contributed by atoms with Crippen LogP contribution < -0.4 is 20.9 Å². The molecular weight excluding hydrogens is 431 g/mol. The fourth-order valence-corrected chi connectivity index (χ4v) is 3.36. The number of hydrogen-bond donors (Lipinski definition) is 0. The first-order valence-corrected chi connectivity index (χ1v) is 9.07. The van der Waals surface area contributed by atoms with Crippen molar-refractivity contribution in [1.29, 1.82) is 0 Å². The summed E-state index contributed by atoms with van der Waals surface area (Å²) in [7, 11) is 0. The molecule has 0 fully saturated rings. The van der Waals surface area contributed by atoms with Crippen LogP contribution in [0.1, 0.15) is 0 Å². The summed E-state index contributed by atoms with van der Waals surface area (Å²) >= 11 is 0. The van der Waals surface area contributed by atoms with E-state index in [0.717, 1.165) is 43.6 Å². The molecule has 0 unspecified atom stereocenters. The third-order valence-electron chi connectivity index (χ3n) is 4.69. The Labute approximate surface area is 190 Å². The van der Waals surface area contributed by atoms with Gasteiger partial charge in [-0.3, -0.25) is 0 Å². The minimum absolute atomic E-state index is 0. The number of nitrogens with zero attached hydrogens (tertiary/aromatic N) is 4. The first-order chi connectivity index (χ1) is 13.9. The average Bonchev–Trinajstić information content (AvgIpc) is 2.79. The van der Waals surface area contributed by atoms with Gasteiger partial charge in [-0.05, 0) is 20.9 Å². The molecular formula is C24H22MnN4O2-2.